The lowest BCUT2D eigenvalue weighted by Gasteiger charge is -2.40. The summed E-state index contributed by atoms with van der Waals surface area (Å²) in [7, 11) is 0. The van der Waals surface area contributed by atoms with Gasteiger partial charge in [0.2, 0.25) is 11.8 Å². The largest absolute Gasteiger partial charge is 0.465 e. The zero-order valence-corrected chi connectivity index (χ0v) is 31.7. The highest BCUT2D eigenvalue weighted by Crippen LogP contribution is 2.40. The molecule has 0 spiro atoms. The Labute approximate surface area is 318 Å². The van der Waals surface area contributed by atoms with Gasteiger partial charge >= 0.3 is 6.09 Å². The van der Waals surface area contributed by atoms with E-state index in [0.29, 0.717) is 37.4 Å². The number of amides is 5. The van der Waals surface area contributed by atoms with Gasteiger partial charge in [-0.2, -0.15) is 11.8 Å². The fourth-order valence-corrected chi connectivity index (χ4v) is 7.06. The first-order valence-electron chi connectivity index (χ1n) is 17.9. The molecule has 0 unspecified atom stereocenters. The van der Waals surface area contributed by atoms with Crippen molar-refractivity contribution in [3.8, 4) is 11.3 Å². The normalized spacial score (nSPS) is 13.3. The van der Waals surface area contributed by atoms with Crippen LogP contribution in [0.15, 0.2) is 66.9 Å². The lowest BCUT2D eigenvalue weighted by molar-refractivity contribution is -0.137. The van der Waals surface area contributed by atoms with Crippen molar-refractivity contribution in [2.75, 3.05) is 37.7 Å². The van der Waals surface area contributed by atoms with Gasteiger partial charge in [-0.25, -0.2) is 18.6 Å². The molecular weight excluding hydrogens is 719 g/mol. The Morgan fingerprint density at radius 2 is 1.67 bits per heavy atom. The van der Waals surface area contributed by atoms with Crippen molar-refractivity contribution >= 4 is 41.5 Å². The number of halogens is 2. The number of unbranched alkanes of at least 4 members (excludes halogenated alkanes) is 2. The molecule has 1 aromatic heterocycles. The summed E-state index contributed by atoms with van der Waals surface area (Å²) in [5.74, 6) is -1.06. The maximum atomic E-state index is 15.0. The number of nitrogens with zero attached hydrogens (tertiary/aromatic N) is 4. The third kappa shape index (κ3) is 12.3. The number of nitrogens with one attached hydrogen (secondary N) is 2. The van der Waals surface area contributed by atoms with Crippen molar-refractivity contribution in [2.45, 2.75) is 65.5 Å². The first-order valence-corrected chi connectivity index (χ1v) is 19.1. The summed E-state index contributed by atoms with van der Waals surface area (Å²) in [6.45, 7) is 6.93. The van der Waals surface area contributed by atoms with Gasteiger partial charge in [-0.15, -0.1) is 0 Å². The van der Waals surface area contributed by atoms with Crippen molar-refractivity contribution in [2.24, 2.45) is 5.41 Å². The minimum atomic E-state index is -1.17. The van der Waals surface area contributed by atoms with Gasteiger partial charge in [-0.1, -0.05) is 57.5 Å². The molecule has 1 atom stereocenters. The summed E-state index contributed by atoms with van der Waals surface area (Å²) in [5, 5.41) is 14.2. The van der Waals surface area contributed by atoms with E-state index in [0.717, 1.165) is 41.5 Å². The Morgan fingerprint density at radius 3 is 2.35 bits per heavy atom. The van der Waals surface area contributed by atoms with Gasteiger partial charge in [0.25, 0.3) is 11.8 Å². The number of hydrogen-bond donors (Lipinski definition) is 3. The molecule has 54 heavy (non-hydrogen) atoms. The maximum absolute atomic E-state index is 15.0. The molecule has 1 aliphatic heterocycles. The van der Waals surface area contributed by atoms with E-state index in [9.17, 15) is 28.4 Å². The van der Waals surface area contributed by atoms with Crippen LogP contribution in [0.5, 0.6) is 0 Å². The summed E-state index contributed by atoms with van der Waals surface area (Å²) in [6.07, 6.45) is 5.71. The summed E-state index contributed by atoms with van der Waals surface area (Å²) < 4.78 is 31.2. The third-order valence-electron chi connectivity index (χ3n) is 8.73. The van der Waals surface area contributed by atoms with E-state index < -0.39 is 41.0 Å². The van der Waals surface area contributed by atoms with Gasteiger partial charge in [-0.3, -0.25) is 24.1 Å². The zero-order valence-electron chi connectivity index (χ0n) is 30.9. The van der Waals surface area contributed by atoms with Crippen LogP contribution >= 0.6 is 11.8 Å². The van der Waals surface area contributed by atoms with Crippen molar-refractivity contribution in [1.29, 1.82) is 0 Å². The molecule has 5 amide bonds. The van der Waals surface area contributed by atoms with Crippen LogP contribution in [0.4, 0.5) is 13.6 Å². The quantitative estimate of drug-likeness (QED) is 0.0966. The van der Waals surface area contributed by atoms with Gasteiger partial charge in [0.15, 0.2) is 0 Å². The van der Waals surface area contributed by atoms with Crippen molar-refractivity contribution in [3.63, 3.8) is 0 Å². The number of thioether (sulfide) groups is 1. The van der Waals surface area contributed by atoms with Gasteiger partial charge in [0, 0.05) is 63.1 Å². The van der Waals surface area contributed by atoms with Crippen LogP contribution in [0.2, 0.25) is 0 Å². The fourth-order valence-electron chi connectivity index (χ4n) is 6.17. The SMILES string of the molecule is CC(C)(C)[C@H](c1nc(-c2cc(F)ccc2F)cn1Cc1ccccc1)N(CCCNC(=O)O)C(=O)CSCCCCCC(=O)NCCN1C(=O)C=CC1=O. The first kappa shape index (κ1) is 41.7. The molecule has 0 bridgehead atoms. The standard InChI is InChI=1S/C39H48F2N6O6S/c1-39(2,3)36(37-44-31(29-23-28(40)14-15-30(29)41)25-45(37)24-27-11-6-4-7-12-27)47(20-10-18-43-38(52)53)35(51)26-54-22-9-5-8-13-32(48)42-19-21-46-33(49)16-17-34(46)50/h4,6-7,11-12,14-17,23,25,36,43H,5,8-10,13,18-22,24,26H2,1-3H3,(H,42,48)(H,52,53)/t36-/m0/s1. The van der Waals surface area contributed by atoms with Crippen LogP contribution in [-0.4, -0.2) is 91.9 Å². The second-order valence-corrected chi connectivity index (χ2v) is 15.1. The summed E-state index contributed by atoms with van der Waals surface area (Å²) in [4.78, 5) is 68.5. The third-order valence-corrected chi connectivity index (χ3v) is 9.76. The van der Waals surface area contributed by atoms with Crippen LogP contribution < -0.4 is 10.6 Å². The fraction of sp³-hybridized carbons (Fsp3) is 0.436. The number of carboxylic acid groups (broad SMARTS) is 1. The monoisotopic (exact) mass is 766 g/mol. The number of hydrogen-bond acceptors (Lipinski definition) is 7. The van der Waals surface area contributed by atoms with E-state index >= 15 is 4.39 Å². The molecule has 0 saturated carbocycles. The average molecular weight is 767 g/mol. The summed E-state index contributed by atoms with van der Waals surface area (Å²) in [6, 6.07) is 12.2. The number of benzene rings is 2. The predicted octanol–water partition coefficient (Wildman–Crippen LogP) is 5.78. The van der Waals surface area contributed by atoms with Crippen LogP contribution in [0.1, 0.15) is 70.3 Å². The molecule has 0 saturated heterocycles. The smallest absolute Gasteiger partial charge is 0.404 e. The van der Waals surface area contributed by atoms with Gasteiger partial charge in [0.1, 0.15) is 17.5 Å². The molecule has 0 fully saturated rings. The second-order valence-electron chi connectivity index (χ2n) is 14.0. The zero-order chi connectivity index (χ0) is 39.3. The highest BCUT2D eigenvalue weighted by atomic mass is 32.2. The van der Waals surface area contributed by atoms with Gasteiger partial charge < -0.3 is 25.2 Å². The molecule has 12 nitrogen and oxygen atoms in total. The van der Waals surface area contributed by atoms with Crippen LogP contribution in [0.25, 0.3) is 11.3 Å². The maximum Gasteiger partial charge on any atom is 0.404 e. The molecule has 3 N–H and O–H groups in total. The average Bonchev–Trinajstić information content (AvgIpc) is 3.67. The van der Waals surface area contributed by atoms with E-state index in [2.05, 4.69) is 10.6 Å². The molecular formula is C39H48F2N6O6S. The number of rotatable bonds is 20. The molecule has 2 heterocycles. The van der Waals surface area contributed by atoms with Crippen LogP contribution in [-0.2, 0) is 25.7 Å². The van der Waals surface area contributed by atoms with E-state index in [1.54, 1.807) is 11.1 Å². The minimum absolute atomic E-state index is 0.0000918. The lowest BCUT2D eigenvalue weighted by Crippen LogP contribution is -2.44. The van der Waals surface area contributed by atoms with Gasteiger partial charge in [0.05, 0.1) is 17.5 Å². The molecule has 1 aliphatic rings. The van der Waals surface area contributed by atoms with Crippen molar-refractivity contribution < 1.29 is 37.9 Å². The van der Waals surface area contributed by atoms with E-state index in [4.69, 9.17) is 10.1 Å². The lowest BCUT2D eigenvalue weighted by atomic mass is 9.84. The van der Waals surface area contributed by atoms with E-state index in [1.807, 2.05) is 55.7 Å². The van der Waals surface area contributed by atoms with Crippen LogP contribution in [0, 0.1) is 17.0 Å². The Balaban J connectivity index is 1.44. The topological polar surface area (TPSA) is 154 Å². The Hall–Kier alpha value is -5.05. The molecule has 15 heteroatoms. The number of imide groups is 1. The Morgan fingerprint density at radius 1 is 0.944 bits per heavy atom. The molecule has 4 rings (SSSR count). The summed E-state index contributed by atoms with van der Waals surface area (Å²) in [5.41, 5.74) is 0.582. The number of aromatic nitrogens is 2. The molecule has 3 aromatic rings. The Kier molecular flexibility index (Phi) is 15.3. The molecule has 290 valence electrons. The van der Waals surface area contributed by atoms with Crippen molar-refractivity contribution in [3.05, 3.63) is 89.9 Å². The van der Waals surface area contributed by atoms with Crippen molar-refractivity contribution in [1.82, 2.24) is 30.0 Å². The number of carbonyl (C=O) groups excluding carboxylic acids is 4. The number of imidazole rings is 1. The number of carbonyl (C=O) groups is 5. The predicted molar refractivity (Wildman–Crippen MR) is 202 cm³/mol. The first-order chi connectivity index (χ1) is 25.7. The van der Waals surface area contributed by atoms with E-state index in [1.165, 1.54) is 23.9 Å². The highest BCUT2D eigenvalue weighted by molar-refractivity contribution is 7.99. The second kappa shape index (κ2) is 19.9. The molecule has 0 radical (unpaired) electrons. The van der Waals surface area contributed by atoms with Crippen LogP contribution in [0.3, 0.4) is 0 Å². The molecule has 2 aromatic carbocycles. The molecule has 0 aliphatic carbocycles. The van der Waals surface area contributed by atoms with E-state index in [-0.39, 0.29) is 55.0 Å². The highest BCUT2D eigenvalue weighted by Gasteiger charge is 2.38. The minimum Gasteiger partial charge on any atom is -0.465 e. The summed E-state index contributed by atoms with van der Waals surface area (Å²) >= 11 is 1.46. The Bertz CT molecular complexity index is 1790. The van der Waals surface area contributed by atoms with Gasteiger partial charge in [-0.05, 0) is 54.2 Å².